The SMILES string of the molecule is CC(C)(C)OC(=O)N1CCN(c2ccc(CCNC(=O)OCc3ccccc3)cc2Br)CC1. The average Bonchev–Trinajstić information content (AvgIpc) is 2.77. The zero-order valence-electron chi connectivity index (χ0n) is 19.5. The van der Waals surface area contributed by atoms with Crippen molar-refractivity contribution < 1.29 is 19.1 Å². The van der Waals surface area contributed by atoms with E-state index in [-0.39, 0.29) is 12.7 Å². The maximum atomic E-state index is 12.3. The summed E-state index contributed by atoms with van der Waals surface area (Å²) in [5, 5.41) is 2.79. The summed E-state index contributed by atoms with van der Waals surface area (Å²) in [5.41, 5.74) is 2.68. The summed E-state index contributed by atoms with van der Waals surface area (Å²) in [6.45, 7) is 9.12. The van der Waals surface area contributed by atoms with Gasteiger partial charge in [0.2, 0.25) is 0 Å². The minimum atomic E-state index is -0.486. The molecule has 7 nitrogen and oxygen atoms in total. The van der Waals surface area contributed by atoms with Gasteiger partial charge in [0.25, 0.3) is 0 Å². The van der Waals surface area contributed by atoms with E-state index in [0.717, 1.165) is 34.4 Å². The largest absolute Gasteiger partial charge is 0.445 e. The molecule has 1 aliphatic rings. The van der Waals surface area contributed by atoms with Crippen molar-refractivity contribution in [3.8, 4) is 0 Å². The number of piperazine rings is 1. The summed E-state index contributed by atoms with van der Waals surface area (Å²) in [6.07, 6.45) is 0.0231. The summed E-state index contributed by atoms with van der Waals surface area (Å²) >= 11 is 3.68. The molecular formula is C25H32BrN3O4. The predicted octanol–water partition coefficient (Wildman–Crippen LogP) is 4.98. The van der Waals surface area contributed by atoms with Gasteiger partial charge < -0.3 is 24.6 Å². The molecule has 0 bridgehead atoms. The second kappa shape index (κ2) is 11.4. The van der Waals surface area contributed by atoms with Crippen LogP contribution >= 0.6 is 15.9 Å². The second-order valence-corrected chi connectivity index (χ2v) is 9.83. The van der Waals surface area contributed by atoms with E-state index in [9.17, 15) is 9.59 Å². The lowest BCUT2D eigenvalue weighted by molar-refractivity contribution is 0.0240. The number of nitrogens with zero attached hydrogens (tertiary/aromatic N) is 2. The lowest BCUT2D eigenvalue weighted by Crippen LogP contribution is -2.50. The Labute approximate surface area is 204 Å². The molecule has 0 unspecified atom stereocenters. The number of alkyl carbamates (subject to hydrolysis) is 1. The number of hydrogen-bond donors (Lipinski definition) is 1. The van der Waals surface area contributed by atoms with Crippen LogP contribution < -0.4 is 10.2 Å². The summed E-state index contributed by atoms with van der Waals surface area (Å²) in [6, 6.07) is 15.8. The van der Waals surface area contributed by atoms with Crippen LogP contribution in [-0.4, -0.2) is 55.4 Å². The minimum Gasteiger partial charge on any atom is -0.445 e. The molecule has 0 spiro atoms. The molecule has 1 N–H and O–H groups in total. The summed E-state index contributed by atoms with van der Waals surface area (Å²) in [5.74, 6) is 0. The van der Waals surface area contributed by atoms with Crippen LogP contribution in [0.25, 0.3) is 0 Å². The van der Waals surface area contributed by atoms with Gasteiger partial charge in [-0.3, -0.25) is 0 Å². The second-order valence-electron chi connectivity index (χ2n) is 8.98. The summed E-state index contributed by atoms with van der Waals surface area (Å²) in [4.78, 5) is 28.2. The Hall–Kier alpha value is -2.74. The van der Waals surface area contributed by atoms with Crippen LogP contribution in [-0.2, 0) is 22.5 Å². The Morgan fingerprint density at radius 3 is 2.33 bits per heavy atom. The van der Waals surface area contributed by atoms with Crippen LogP contribution in [0.15, 0.2) is 53.0 Å². The van der Waals surface area contributed by atoms with Crippen LogP contribution in [0, 0.1) is 0 Å². The highest BCUT2D eigenvalue weighted by Gasteiger charge is 2.26. The first-order chi connectivity index (χ1) is 15.7. The highest BCUT2D eigenvalue weighted by atomic mass is 79.9. The molecule has 1 aliphatic heterocycles. The van der Waals surface area contributed by atoms with E-state index in [2.05, 4.69) is 44.3 Å². The fraction of sp³-hybridized carbons (Fsp3) is 0.440. The number of amides is 2. The highest BCUT2D eigenvalue weighted by Crippen LogP contribution is 2.28. The normalized spacial score (nSPS) is 14.1. The lowest BCUT2D eigenvalue weighted by atomic mass is 10.1. The average molecular weight is 518 g/mol. The Morgan fingerprint density at radius 1 is 1.00 bits per heavy atom. The van der Waals surface area contributed by atoms with E-state index in [1.807, 2.05) is 51.1 Å². The van der Waals surface area contributed by atoms with Gasteiger partial charge in [0.05, 0.1) is 5.69 Å². The van der Waals surface area contributed by atoms with E-state index in [1.165, 1.54) is 0 Å². The fourth-order valence-electron chi connectivity index (χ4n) is 3.50. The molecule has 3 rings (SSSR count). The number of ether oxygens (including phenoxy) is 2. The lowest BCUT2D eigenvalue weighted by Gasteiger charge is -2.37. The molecule has 1 saturated heterocycles. The zero-order chi connectivity index (χ0) is 23.8. The number of carbonyl (C=O) groups excluding carboxylic acids is 2. The molecule has 0 aromatic heterocycles. The Bertz CT molecular complexity index is 938. The number of halogens is 1. The van der Waals surface area contributed by atoms with Crippen molar-refractivity contribution in [2.75, 3.05) is 37.6 Å². The van der Waals surface area contributed by atoms with Gasteiger partial charge in [0, 0.05) is 37.2 Å². The zero-order valence-corrected chi connectivity index (χ0v) is 21.1. The number of rotatable bonds is 6. The predicted molar refractivity (Wildman–Crippen MR) is 132 cm³/mol. The van der Waals surface area contributed by atoms with Gasteiger partial charge in [-0.25, -0.2) is 9.59 Å². The van der Waals surface area contributed by atoms with E-state index >= 15 is 0 Å². The Morgan fingerprint density at radius 2 is 1.70 bits per heavy atom. The first-order valence-electron chi connectivity index (χ1n) is 11.2. The van der Waals surface area contributed by atoms with Crippen molar-refractivity contribution in [2.45, 2.75) is 39.4 Å². The molecule has 1 heterocycles. The molecule has 0 radical (unpaired) electrons. The molecule has 2 aromatic rings. The first kappa shape index (κ1) is 24.9. The van der Waals surface area contributed by atoms with Gasteiger partial charge in [-0.2, -0.15) is 0 Å². The van der Waals surface area contributed by atoms with Crippen LogP contribution in [0.5, 0.6) is 0 Å². The van der Waals surface area contributed by atoms with Crippen LogP contribution in [0.3, 0.4) is 0 Å². The van der Waals surface area contributed by atoms with Crippen molar-refractivity contribution >= 4 is 33.8 Å². The smallest absolute Gasteiger partial charge is 0.410 e. The van der Waals surface area contributed by atoms with Gasteiger partial charge in [0.1, 0.15) is 12.2 Å². The van der Waals surface area contributed by atoms with Crippen molar-refractivity contribution in [1.29, 1.82) is 0 Å². The van der Waals surface area contributed by atoms with Crippen molar-refractivity contribution in [2.24, 2.45) is 0 Å². The van der Waals surface area contributed by atoms with Crippen LogP contribution in [0.4, 0.5) is 15.3 Å². The molecule has 1 fully saturated rings. The molecular weight excluding hydrogens is 486 g/mol. The number of nitrogens with one attached hydrogen (secondary N) is 1. The van der Waals surface area contributed by atoms with E-state index in [4.69, 9.17) is 9.47 Å². The van der Waals surface area contributed by atoms with Crippen molar-refractivity contribution in [3.63, 3.8) is 0 Å². The number of carbonyl (C=O) groups is 2. The van der Waals surface area contributed by atoms with E-state index in [1.54, 1.807) is 4.90 Å². The first-order valence-corrected chi connectivity index (χ1v) is 12.0. The Balaban J connectivity index is 1.42. The number of anilines is 1. The maximum absolute atomic E-state index is 12.3. The third kappa shape index (κ3) is 7.96. The molecule has 178 valence electrons. The fourth-order valence-corrected chi connectivity index (χ4v) is 4.18. The van der Waals surface area contributed by atoms with E-state index < -0.39 is 11.7 Å². The van der Waals surface area contributed by atoms with Gasteiger partial charge in [0.15, 0.2) is 0 Å². The third-order valence-electron chi connectivity index (χ3n) is 5.18. The topological polar surface area (TPSA) is 71.1 Å². The van der Waals surface area contributed by atoms with Crippen LogP contribution in [0.2, 0.25) is 0 Å². The van der Waals surface area contributed by atoms with Crippen LogP contribution in [0.1, 0.15) is 31.9 Å². The number of hydrogen-bond acceptors (Lipinski definition) is 5. The van der Waals surface area contributed by atoms with E-state index in [0.29, 0.717) is 26.1 Å². The summed E-state index contributed by atoms with van der Waals surface area (Å²) in [7, 11) is 0. The third-order valence-corrected chi connectivity index (χ3v) is 5.82. The molecule has 8 heteroatoms. The standard InChI is InChI=1S/C25H32BrN3O4/c1-25(2,3)33-24(31)29-15-13-28(14-16-29)22-10-9-19(17-21(22)26)11-12-27-23(30)32-18-20-7-5-4-6-8-20/h4-10,17H,11-16,18H2,1-3H3,(H,27,30). The highest BCUT2D eigenvalue weighted by molar-refractivity contribution is 9.10. The summed E-state index contributed by atoms with van der Waals surface area (Å²) < 4.78 is 11.7. The van der Waals surface area contributed by atoms with Gasteiger partial charge in [-0.15, -0.1) is 0 Å². The molecule has 2 aromatic carbocycles. The van der Waals surface area contributed by atoms with Gasteiger partial charge in [-0.05, 0) is 66.4 Å². The molecule has 0 aliphatic carbocycles. The molecule has 0 saturated carbocycles. The monoisotopic (exact) mass is 517 g/mol. The van der Waals surface area contributed by atoms with Crippen molar-refractivity contribution in [3.05, 3.63) is 64.1 Å². The maximum Gasteiger partial charge on any atom is 0.410 e. The van der Waals surface area contributed by atoms with Gasteiger partial charge >= 0.3 is 12.2 Å². The van der Waals surface area contributed by atoms with Crippen molar-refractivity contribution in [1.82, 2.24) is 10.2 Å². The molecule has 33 heavy (non-hydrogen) atoms. The Kier molecular flexibility index (Phi) is 8.61. The quantitative estimate of drug-likeness (QED) is 0.585. The minimum absolute atomic E-state index is 0.258. The van der Waals surface area contributed by atoms with Gasteiger partial charge in [-0.1, -0.05) is 36.4 Å². The number of benzene rings is 2. The molecule has 0 atom stereocenters. The molecule has 2 amide bonds.